The van der Waals surface area contributed by atoms with Crippen molar-refractivity contribution in [3.8, 4) is 11.6 Å². The number of carbonyl (C=O) groups excluding carboxylic acids is 4. The molecule has 7 atom stereocenters. The first-order valence-corrected chi connectivity index (χ1v) is 21.6. The van der Waals surface area contributed by atoms with Crippen molar-refractivity contribution in [3.05, 3.63) is 41.6 Å². The largest absolute Gasteiger partial charge is 0.494 e. The number of allylic oxidation sites excluding steroid dienone is 1. The number of benzene rings is 1. The molecule has 0 bridgehead atoms. The quantitative estimate of drug-likeness (QED) is 0.255. The standard InChI is InChI=1S/C40H51ClF3N5O9S/c1-7-23-16-22(2)10-8-9-11-24-19-39(24,35(52)48-59(54,55)38(5)14-15-38)47-32(50)29-18-26(57-33-28-17-25(41)12-13-27(28)30(56-6)20-45-33)21-49(29)34(51)31(23)46-36(53)58-37(3,4)40(42,43)44/h9,11-13,17,20,22-24,26,29,31H,7-8,10,14-16,18-19,21H2,1-6H3,(H,46,53)(H,47,50)(H,48,52)/b11-9-/t22-,23-,24-,26-,29+,31+,39-/m1/s1. The molecule has 3 heterocycles. The molecular formula is C40H51ClF3N5O9S. The van der Waals surface area contributed by atoms with Gasteiger partial charge in [0.2, 0.25) is 33.3 Å². The van der Waals surface area contributed by atoms with E-state index in [4.69, 9.17) is 25.8 Å². The van der Waals surface area contributed by atoms with E-state index in [2.05, 4.69) is 20.3 Å². The van der Waals surface area contributed by atoms with Gasteiger partial charge in [-0.05, 0) is 89.3 Å². The van der Waals surface area contributed by atoms with Crippen molar-refractivity contribution >= 4 is 56.2 Å². The van der Waals surface area contributed by atoms with E-state index < -0.39 is 85.9 Å². The highest BCUT2D eigenvalue weighted by atomic mass is 35.5. The summed E-state index contributed by atoms with van der Waals surface area (Å²) in [5, 5.41) is 6.68. The van der Waals surface area contributed by atoms with Crippen LogP contribution in [0.3, 0.4) is 0 Å². The molecule has 0 radical (unpaired) electrons. The molecule has 2 aliphatic heterocycles. The summed E-state index contributed by atoms with van der Waals surface area (Å²) in [7, 11) is -2.62. The maximum Gasteiger partial charge on any atom is 0.427 e. The number of alkyl halides is 3. The van der Waals surface area contributed by atoms with Gasteiger partial charge in [0.25, 0.3) is 5.91 Å². The Kier molecular flexibility index (Phi) is 12.2. The predicted molar refractivity (Wildman–Crippen MR) is 211 cm³/mol. The van der Waals surface area contributed by atoms with Gasteiger partial charge in [0, 0.05) is 28.1 Å². The van der Waals surface area contributed by atoms with Crippen LogP contribution in [0.15, 0.2) is 36.5 Å². The van der Waals surface area contributed by atoms with E-state index in [0.717, 1.165) is 0 Å². The van der Waals surface area contributed by atoms with Gasteiger partial charge < -0.3 is 29.7 Å². The topological polar surface area (TPSA) is 182 Å². The first kappa shape index (κ1) is 44.2. The molecule has 1 aromatic heterocycles. The number of hydrogen-bond acceptors (Lipinski definition) is 10. The van der Waals surface area contributed by atoms with Crippen LogP contribution in [0.2, 0.25) is 5.02 Å². The number of carbonyl (C=O) groups is 4. The first-order valence-electron chi connectivity index (χ1n) is 19.8. The van der Waals surface area contributed by atoms with Crippen molar-refractivity contribution in [2.45, 2.75) is 126 Å². The van der Waals surface area contributed by atoms with Crippen LogP contribution in [0, 0.1) is 17.8 Å². The first-order chi connectivity index (χ1) is 27.5. The number of halogens is 4. The molecule has 3 fully saturated rings. The zero-order valence-electron chi connectivity index (χ0n) is 33.8. The van der Waals surface area contributed by atoms with Crippen molar-refractivity contribution in [1.82, 2.24) is 25.2 Å². The smallest absolute Gasteiger partial charge is 0.427 e. The lowest BCUT2D eigenvalue weighted by molar-refractivity contribution is -0.244. The Hall–Kier alpha value is -4.32. The Morgan fingerprint density at radius 3 is 2.49 bits per heavy atom. The van der Waals surface area contributed by atoms with Gasteiger partial charge in [0.15, 0.2) is 0 Å². The normalized spacial score (nSPS) is 29.2. The summed E-state index contributed by atoms with van der Waals surface area (Å²) < 4.78 is 85.6. The number of rotatable bonds is 9. The second kappa shape index (κ2) is 16.3. The number of ether oxygens (including phenoxy) is 3. The molecule has 1 saturated heterocycles. The van der Waals surface area contributed by atoms with E-state index in [9.17, 15) is 40.8 Å². The molecule has 324 valence electrons. The van der Waals surface area contributed by atoms with Crippen LogP contribution < -0.4 is 24.8 Å². The highest BCUT2D eigenvalue weighted by Crippen LogP contribution is 2.48. The molecule has 14 nitrogen and oxygen atoms in total. The lowest BCUT2D eigenvalue weighted by atomic mass is 9.85. The van der Waals surface area contributed by atoms with Gasteiger partial charge in [-0.1, -0.05) is 44.0 Å². The van der Waals surface area contributed by atoms with Crippen molar-refractivity contribution in [2.24, 2.45) is 17.8 Å². The van der Waals surface area contributed by atoms with Crippen LogP contribution in [0.1, 0.15) is 86.0 Å². The molecule has 0 spiro atoms. The summed E-state index contributed by atoms with van der Waals surface area (Å²) in [5.74, 6) is -3.15. The lowest BCUT2D eigenvalue weighted by Gasteiger charge is -2.35. The molecule has 4 aliphatic rings. The Morgan fingerprint density at radius 1 is 1.14 bits per heavy atom. The Balaban J connectivity index is 1.38. The van der Waals surface area contributed by atoms with Crippen LogP contribution >= 0.6 is 11.6 Å². The Labute approximate surface area is 346 Å². The average molecular weight is 870 g/mol. The van der Waals surface area contributed by atoms with Crippen LogP contribution in [0.25, 0.3) is 10.8 Å². The van der Waals surface area contributed by atoms with Crippen LogP contribution in [-0.4, -0.2) is 96.0 Å². The average Bonchev–Trinajstić information content (AvgIpc) is 4.03. The Bertz CT molecular complexity index is 2130. The van der Waals surface area contributed by atoms with E-state index in [1.54, 1.807) is 31.2 Å². The zero-order chi connectivity index (χ0) is 43.3. The molecule has 19 heteroatoms. The van der Waals surface area contributed by atoms with Crippen molar-refractivity contribution < 1.29 is 55.0 Å². The number of nitrogens with zero attached hydrogens (tertiary/aromatic N) is 2. The van der Waals surface area contributed by atoms with Gasteiger partial charge in [-0.25, -0.2) is 18.2 Å². The van der Waals surface area contributed by atoms with E-state index in [1.807, 2.05) is 13.0 Å². The molecule has 0 unspecified atom stereocenters. The van der Waals surface area contributed by atoms with Crippen LogP contribution in [0.5, 0.6) is 11.6 Å². The minimum absolute atomic E-state index is 0.0439. The van der Waals surface area contributed by atoms with E-state index in [0.29, 0.717) is 73.9 Å². The maximum absolute atomic E-state index is 14.9. The Morgan fingerprint density at radius 2 is 1.85 bits per heavy atom. The van der Waals surface area contributed by atoms with Crippen molar-refractivity contribution in [2.75, 3.05) is 13.7 Å². The number of aromatic nitrogens is 1. The molecule has 59 heavy (non-hydrogen) atoms. The van der Waals surface area contributed by atoms with E-state index >= 15 is 0 Å². The summed E-state index contributed by atoms with van der Waals surface area (Å²) in [5.41, 5.74) is -4.56. The van der Waals surface area contributed by atoms with Gasteiger partial charge in [-0.15, -0.1) is 0 Å². The number of nitrogens with one attached hydrogen (secondary N) is 3. The van der Waals surface area contributed by atoms with E-state index in [1.165, 1.54) is 25.1 Å². The number of sulfonamides is 1. The van der Waals surface area contributed by atoms with Gasteiger partial charge in [0.1, 0.15) is 29.5 Å². The number of amides is 4. The molecule has 2 aliphatic carbocycles. The highest BCUT2D eigenvalue weighted by Gasteiger charge is 2.63. The monoisotopic (exact) mass is 869 g/mol. The molecule has 1 aromatic carbocycles. The molecule has 2 aromatic rings. The number of methoxy groups -OCH3 is 1. The zero-order valence-corrected chi connectivity index (χ0v) is 35.4. The van der Waals surface area contributed by atoms with Crippen molar-refractivity contribution in [1.29, 1.82) is 0 Å². The van der Waals surface area contributed by atoms with E-state index in [-0.39, 0.29) is 31.2 Å². The van der Waals surface area contributed by atoms with Gasteiger partial charge in [-0.3, -0.25) is 19.1 Å². The van der Waals surface area contributed by atoms with Crippen LogP contribution in [0.4, 0.5) is 18.0 Å². The highest BCUT2D eigenvalue weighted by molar-refractivity contribution is 7.91. The fraction of sp³-hybridized carbons (Fsp3) is 0.625. The fourth-order valence-corrected chi connectivity index (χ4v) is 9.32. The number of fused-ring (bicyclic) bond motifs is 3. The third-order valence-electron chi connectivity index (χ3n) is 12.2. The molecular weight excluding hydrogens is 819 g/mol. The molecule has 6 rings (SSSR count). The third kappa shape index (κ3) is 9.08. The summed E-state index contributed by atoms with van der Waals surface area (Å²) in [4.78, 5) is 62.3. The van der Waals surface area contributed by atoms with Crippen molar-refractivity contribution in [3.63, 3.8) is 0 Å². The summed E-state index contributed by atoms with van der Waals surface area (Å²) in [6, 6.07) is 2.21. The minimum atomic E-state index is -4.92. The fourth-order valence-electron chi connectivity index (χ4n) is 7.84. The lowest BCUT2D eigenvalue weighted by Crippen LogP contribution is -2.60. The molecule has 3 N–H and O–H groups in total. The van der Waals surface area contributed by atoms with Gasteiger partial charge >= 0.3 is 12.3 Å². The SMILES string of the molecule is CC[C@@H]1C[C@H](C)CC/C=C\[C@@H]2C[C@@]2(C(=O)NS(=O)(=O)C2(C)CC2)NC(=O)[C@@H]2C[C@@H](Oc3ncc(OC)c4ccc(Cl)cc34)CN2C(=O)[C@H]1NC(=O)OC(C)(C)C(F)(F)F. The summed E-state index contributed by atoms with van der Waals surface area (Å²) >= 11 is 6.34. The second-order valence-corrected chi connectivity index (χ2v) is 19.6. The third-order valence-corrected chi connectivity index (χ3v) is 14.6. The van der Waals surface area contributed by atoms with Gasteiger partial charge in [0.05, 0.1) is 24.6 Å². The molecule has 4 amide bonds. The minimum Gasteiger partial charge on any atom is -0.494 e. The number of alkyl carbamates (subject to hydrolysis) is 1. The van der Waals surface area contributed by atoms with Crippen LogP contribution in [-0.2, 0) is 29.1 Å². The number of hydrogen-bond donors (Lipinski definition) is 3. The summed E-state index contributed by atoms with van der Waals surface area (Å²) in [6.45, 7) is 6.42. The second-order valence-electron chi connectivity index (χ2n) is 17.0. The predicted octanol–water partition coefficient (Wildman–Crippen LogP) is 5.96. The maximum atomic E-state index is 14.9. The molecule has 2 saturated carbocycles. The van der Waals surface area contributed by atoms with Gasteiger partial charge in [-0.2, -0.15) is 13.2 Å². The number of pyridine rings is 1. The summed E-state index contributed by atoms with van der Waals surface area (Å²) in [6.07, 6.45) is 0.321.